The summed E-state index contributed by atoms with van der Waals surface area (Å²) in [4.78, 5) is 31.4. The van der Waals surface area contributed by atoms with Gasteiger partial charge in [-0.15, -0.1) is 0 Å². The van der Waals surface area contributed by atoms with Gasteiger partial charge in [0.25, 0.3) is 5.91 Å². The molecule has 6 nitrogen and oxygen atoms in total. The van der Waals surface area contributed by atoms with Crippen LogP contribution in [0, 0.1) is 6.92 Å². The van der Waals surface area contributed by atoms with E-state index >= 15 is 0 Å². The van der Waals surface area contributed by atoms with Crippen LogP contribution in [0.3, 0.4) is 0 Å². The third-order valence-corrected chi connectivity index (χ3v) is 6.13. The Hall–Kier alpha value is -3.51. The normalized spacial score (nSPS) is 16.6. The van der Waals surface area contributed by atoms with Gasteiger partial charge < -0.3 is 16.0 Å². The molecule has 0 bridgehead atoms. The van der Waals surface area contributed by atoms with Gasteiger partial charge >= 0.3 is 0 Å². The van der Waals surface area contributed by atoms with Gasteiger partial charge in [-0.05, 0) is 60.7 Å². The van der Waals surface area contributed by atoms with Gasteiger partial charge in [0.15, 0.2) is 0 Å². The van der Waals surface area contributed by atoms with E-state index in [-0.39, 0.29) is 23.9 Å². The number of carbonyl (C=O) groups is 2. The Labute approximate surface area is 188 Å². The molecule has 2 atom stereocenters. The highest BCUT2D eigenvalue weighted by molar-refractivity contribution is 6.04. The minimum atomic E-state index is -0.296. The quantitative estimate of drug-likeness (QED) is 0.624. The molecule has 164 valence electrons. The maximum atomic E-state index is 13.0. The Kier molecular flexibility index (Phi) is 6.61. The first-order valence-corrected chi connectivity index (χ1v) is 10.9. The van der Waals surface area contributed by atoms with Gasteiger partial charge in [0.2, 0.25) is 5.91 Å². The van der Waals surface area contributed by atoms with E-state index in [2.05, 4.69) is 10.3 Å². The Bertz CT molecular complexity index is 1080. The summed E-state index contributed by atoms with van der Waals surface area (Å²) >= 11 is 0. The zero-order valence-corrected chi connectivity index (χ0v) is 18.2. The molecule has 0 spiro atoms. The standard InChI is InChI=1S/C26H28N4O2/c1-18-5-2-3-6-21(18)17-24(31)30-16-4-7-23(30)25(27)19-8-10-20(11-9-19)26(32)29-22-12-14-28-15-13-22/h2-3,5-6,8-15,23,25H,4,7,16-17,27H2,1H3,(H,28,29,32). The molecule has 0 saturated carbocycles. The van der Waals surface area contributed by atoms with E-state index in [9.17, 15) is 9.59 Å². The Morgan fingerprint density at radius 3 is 2.53 bits per heavy atom. The number of rotatable bonds is 6. The van der Waals surface area contributed by atoms with Gasteiger partial charge in [0.05, 0.1) is 18.5 Å². The molecule has 0 radical (unpaired) electrons. The van der Waals surface area contributed by atoms with Crippen molar-refractivity contribution in [1.29, 1.82) is 0 Å². The molecule has 32 heavy (non-hydrogen) atoms. The molecule has 4 rings (SSSR count). The number of benzene rings is 2. The number of anilines is 1. The lowest BCUT2D eigenvalue weighted by atomic mass is 9.96. The summed E-state index contributed by atoms with van der Waals surface area (Å²) in [6.07, 6.45) is 5.48. The molecule has 2 aromatic carbocycles. The van der Waals surface area contributed by atoms with Crippen LogP contribution in [0.5, 0.6) is 0 Å². The topological polar surface area (TPSA) is 88.3 Å². The lowest BCUT2D eigenvalue weighted by molar-refractivity contribution is -0.131. The lowest BCUT2D eigenvalue weighted by Crippen LogP contribution is -2.42. The van der Waals surface area contributed by atoms with Crippen molar-refractivity contribution in [3.63, 3.8) is 0 Å². The van der Waals surface area contributed by atoms with Crippen LogP contribution in [0.1, 0.15) is 45.9 Å². The number of hydrogen-bond donors (Lipinski definition) is 2. The number of hydrogen-bond acceptors (Lipinski definition) is 4. The van der Waals surface area contributed by atoms with Crippen molar-refractivity contribution in [2.45, 2.75) is 38.3 Å². The van der Waals surface area contributed by atoms with Crippen LogP contribution in [-0.4, -0.2) is 34.3 Å². The SMILES string of the molecule is Cc1ccccc1CC(=O)N1CCCC1C(N)c1ccc(C(=O)Nc2ccncc2)cc1. The van der Waals surface area contributed by atoms with Crippen molar-refractivity contribution in [2.24, 2.45) is 5.73 Å². The van der Waals surface area contributed by atoms with E-state index in [4.69, 9.17) is 5.73 Å². The maximum absolute atomic E-state index is 13.0. The maximum Gasteiger partial charge on any atom is 0.255 e. The molecule has 1 fully saturated rings. The summed E-state index contributed by atoms with van der Waals surface area (Å²) in [5.41, 5.74) is 11.0. The predicted molar refractivity (Wildman–Crippen MR) is 125 cm³/mol. The number of nitrogens with two attached hydrogens (primary N) is 1. The van der Waals surface area contributed by atoms with E-state index in [1.165, 1.54) is 0 Å². The number of aryl methyl sites for hydroxylation is 1. The molecule has 3 aromatic rings. The van der Waals surface area contributed by atoms with E-state index in [1.54, 1.807) is 36.7 Å². The molecular weight excluding hydrogens is 400 g/mol. The summed E-state index contributed by atoms with van der Waals surface area (Å²) in [6.45, 7) is 2.76. The third-order valence-electron chi connectivity index (χ3n) is 6.13. The Morgan fingerprint density at radius 1 is 1.09 bits per heavy atom. The molecular formula is C26H28N4O2. The number of nitrogens with one attached hydrogen (secondary N) is 1. The van der Waals surface area contributed by atoms with E-state index in [1.807, 2.05) is 48.2 Å². The fraction of sp³-hybridized carbons (Fsp3) is 0.269. The van der Waals surface area contributed by atoms with Gasteiger partial charge in [-0.25, -0.2) is 0 Å². The van der Waals surface area contributed by atoms with E-state index in [0.29, 0.717) is 17.7 Å². The summed E-state index contributed by atoms with van der Waals surface area (Å²) in [7, 11) is 0. The summed E-state index contributed by atoms with van der Waals surface area (Å²) in [5, 5.41) is 2.85. The largest absolute Gasteiger partial charge is 0.338 e. The number of pyridine rings is 1. The first kappa shape index (κ1) is 21.7. The van der Waals surface area contributed by atoms with E-state index in [0.717, 1.165) is 36.1 Å². The van der Waals surface area contributed by atoms with Crippen LogP contribution in [0.2, 0.25) is 0 Å². The Balaban J connectivity index is 1.42. The van der Waals surface area contributed by atoms with Gasteiger partial charge in [-0.1, -0.05) is 36.4 Å². The highest BCUT2D eigenvalue weighted by Crippen LogP contribution is 2.29. The number of aromatic nitrogens is 1. The average molecular weight is 429 g/mol. The zero-order chi connectivity index (χ0) is 22.5. The zero-order valence-electron chi connectivity index (χ0n) is 18.2. The van der Waals surface area contributed by atoms with Crippen LogP contribution in [0.4, 0.5) is 5.69 Å². The molecule has 6 heteroatoms. The number of carbonyl (C=O) groups excluding carboxylic acids is 2. The molecule has 2 heterocycles. The minimum Gasteiger partial charge on any atom is -0.338 e. The van der Waals surface area contributed by atoms with Gasteiger partial charge in [-0.2, -0.15) is 0 Å². The van der Waals surface area contributed by atoms with Crippen molar-refractivity contribution in [3.8, 4) is 0 Å². The first-order chi connectivity index (χ1) is 15.5. The molecule has 2 unspecified atom stereocenters. The summed E-state index contributed by atoms with van der Waals surface area (Å²) in [6, 6.07) is 18.5. The van der Waals surface area contributed by atoms with Gasteiger partial charge in [-0.3, -0.25) is 14.6 Å². The average Bonchev–Trinajstić information content (AvgIpc) is 3.31. The van der Waals surface area contributed by atoms with Crippen LogP contribution >= 0.6 is 0 Å². The molecule has 0 aliphatic carbocycles. The van der Waals surface area contributed by atoms with Crippen LogP contribution < -0.4 is 11.1 Å². The second-order valence-electron chi connectivity index (χ2n) is 8.24. The predicted octanol–water partition coefficient (Wildman–Crippen LogP) is 3.88. The van der Waals surface area contributed by atoms with Gasteiger partial charge in [0, 0.05) is 30.2 Å². The monoisotopic (exact) mass is 428 g/mol. The van der Waals surface area contributed by atoms with Crippen molar-refractivity contribution < 1.29 is 9.59 Å². The third kappa shape index (κ3) is 4.86. The molecule has 3 N–H and O–H groups in total. The van der Waals surface area contributed by atoms with E-state index < -0.39 is 0 Å². The summed E-state index contributed by atoms with van der Waals surface area (Å²) in [5.74, 6) is -0.0715. The molecule has 1 aromatic heterocycles. The molecule has 1 aliphatic heterocycles. The van der Waals surface area contributed by atoms with Crippen molar-refractivity contribution in [3.05, 3.63) is 95.3 Å². The second-order valence-corrected chi connectivity index (χ2v) is 8.24. The summed E-state index contributed by atoms with van der Waals surface area (Å²) < 4.78 is 0. The van der Waals surface area contributed by atoms with Crippen LogP contribution in [0.15, 0.2) is 73.1 Å². The molecule has 1 aliphatic rings. The first-order valence-electron chi connectivity index (χ1n) is 10.9. The number of nitrogens with zero attached hydrogens (tertiary/aromatic N) is 2. The fourth-order valence-corrected chi connectivity index (χ4v) is 4.27. The van der Waals surface area contributed by atoms with Crippen LogP contribution in [-0.2, 0) is 11.2 Å². The lowest BCUT2D eigenvalue weighted by Gasteiger charge is -2.30. The molecule has 1 saturated heterocycles. The number of likely N-dealkylation sites (tertiary alicyclic amines) is 1. The van der Waals surface area contributed by atoms with Gasteiger partial charge in [0.1, 0.15) is 0 Å². The fourth-order valence-electron chi connectivity index (χ4n) is 4.27. The highest BCUT2D eigenvalue weighted by atomic mass is 16.2. The van der Waals surface area contributed by atoms with Crippen molar-refractivity contribution >= 4 is 17.5 Å². The minimum absolute atomic E-state index is 0.0389. The highest BCUT2D eigenvalue weighted by Gasteiger charge is 2.33. The smallest absolute Gasteiger partial charge is 0.255 e. The number of amides is 2. The van der Waals surface area contributed by atoms with Crippen molar-refractivity contribution in [2.75, 3.05) is 11.9 Å². The molecule has 2 amide bonds. The second kappa shape index (κ2) is 9.75. The van der Waals surface area contributed by atoms with Crippen LogP contribution in [0.25, 0.3) is 0 Å². The van der Waals surface area contributed by atoms with Crippen molar-refractivity contribution in [1.82, 2.24) is 9.88 Å². The Morgan fingerprint density at radius 2 is 1.81 bits per heavy atom.